The smallest absolute Gasteiger partial charge is 0.239 e. The third-order valence-corrected chi connectivity index (χ3v) is 1.39. The van der Waals surface area contributed by atoms with E-state index in [9.17, 15) is 14.4 Å². The molecule has 3 amide bonds. The molecule has 0 fully saturated rings. The lowest BCUT2D eigenvalue weighted by molar-refractivity contribution is -0.127. The highest BCUT2D eigenvalue weighted by Gasteiger charge is 2.06. The molecule has 0 bridgehead atoms. The Bertz CT molecular complexity index is 251. The first-order valence-electron chi connectivity index (χ1n) is 4.72. The zero-order chi connectivity index (χ0) is 11.8. The molecule has 0 aromatic rings. The summed E-state index contributed by atoms with van der Waals surface area (Å²) in [5.41, 5.74) is 0. The standard InChI is InChI=1S/C9H17N3O3/c1-6(2)12-9(15)5-11-8(14)4-10-7(3)13/h6H,4-5H2,1-3H3,(H,10,13)(H,11,14)(H,12,15). The maximum atomic E-state index is 11.1. The van der Waals surface area contributed by atoms with E-state index in [1.165, 1.54) is 6.92 Å². The lowest BCUT2D eigenvalue weighted by atomic mass is 10.4. The van der Waals surface area contributed by atoms with Gasteiger partial charge in [-0.15, -0.1) is 0 Å². The molecule has 0 aliphatic carbocycles. The maximum absolute atomic E-state index is 11.1. The summed E-state index contributed by atoms with van der Waals surface area (Å²) in [6.45, 7) is 4.80. The fraction of sp³-hybridized carbons (Fsp3) is 0.667. The number of hydrogen-bond acceptors (Lipinski definition) is 3. The number of carbonyl (C=O) groups is 3. The van der Waals surface area contributed by atoms with Crippen LogP contribution in [0.15, 0.2) is 0 Å². The van der Waals surface area contributed by atoms with Gasteiger partial charge in [0.05, 0.1) is 13.1 Å². The lowest BCUT2D eigenvalue weighted by Gasteiger charge is -2.09. The second-order valence-electron chi connectivity index (χ2n) is 3.41. The second kappa shape index (κ2) is 6.80. The van der Waals surface area contributed by atoms with Crippen LogP contribution in [0.5, 0.6) is 0 Å². The van der Waals surface area contributed by atoms with Gasteiger partial charge in [-0.25, -0.2) is 0 Å². The van der Waals surface area contributed by atoms with Gasteiger partial charge in [-0.3, -0.25) is 14.4 Å². The highest BCUT2D eigenvalue weighted by atomic mass is 16.2. The Balaban J connectivity index is 3.62. The topological polar surface area (TPSA) is 87.3 Å². The largest absolute Gasteiger partial charge is 0.352 e. The molecule has 0 aliphatic heterocycles. The lowest BCUT2D eigenvalue weighted by Crippen LogP contribution is -2.43. The molecule has 15 heavy (non-hydrogen) atoms. The van der Waals surface area contributed by atoms with Crippen molar-refractivity contribution >= 4 is 17.7 Å². The summed E-state index contributed by atoms with van der Waals surface area (Å²) in [5, 5.41) is 7.33. The number of rotatable bonds is 5. The maximum Gasteiger partial charge on any atom is 0.239 e. The van der Waals surface area contributed by atoms with E-state index >= 15 is 0 Å². The van der Waals surface area contributed by atoms with Crippen LogP contribution in [0.3, 0.4) is 0 Å². The van der Waals surface area contributed by atoms with Crippen molar-refractivity contribution in [2.24, 2.45) is 0 Å². The molecule has 0 saturated carbocycles. The third kappa shape index (κ3) is 8.73. The van der Waals surface area contributed by atoms with Gasteiger partial charge in [0.25, 0.3) is 0 Å². The van der Waals surface area contributed by atoms with E-state index in [0.717, 1.165) is 0 Å². The minimum absolute atomic E-state index is 0.0461. The monoisotopic (exact) mass is 215 g/mol. The molecule has 0 radical (unpaired) electrons. The van der Waals surface area contributed by atoms with Gasteiger partial charge >= 0.3 is 0 Å². The number of carbonyl (C=O) groups excluding carboxylic acids is 3. The van der Waals surface area contributed by atoms with Crippen LogP contribution in [0.4, 0.5) is 0 Å². The molecular formula is C9H17N3O3. The molecule has 0 saturated heterocycles. The predicted molar refractivity (Wildman–Crippen MR) is 55.0 cm³/mol. The summed E-state index contributed by atoms with van der Waals surface area (Å²) in [5.74, 6) is -0.915. The van der Waals surface area contributed by atoms with Crippen LogP contribution in [0.1, 0.15) is 20.8 Å². The molecule has 0 aromatic carbocycles. The first-order chi connectivity index (χ1) is 6.91. The molecule has 6 heteroatoms. The van der Waals surface area contributed by atoms with E-state index in [2.05, 4.69) is 16.0 Å². The Morgan fingerprint density at radius 2 is 1.53 bits per heavy atom. The van der Waals surface area contributed by atoms with Crippen LogP contribution in [0.2, 0.25) is 0 Å². The Labute approximate surface area is 88.8 Å². The summed E-state index contributed by atoms with van der Waals surface area (Å²) in [7, 11) is 0. The van der Waals surface area contributed by atoms with E-state index in [1.807, 2.05) is 13.8 Å². The molecule has 86 valence electrons. The van der Waals surface area contributed by atoms with Crippen LogP contribution >= 0.6 is 0 Å². The highest BCUT2D eigenvalue weighted by Crippen LogP contribution is 1.75. The molecule has 0 aliphatic rings. The van der Waals surface area contributed by atoms with Crippen molar-refractivity contribution in [3.05, 3.63) is 0 Å². The summed E-state index contributed by atoms with van der Waals surface area (Å²) in [6.07, 6.45) is 0. The molecule has 0 aromatic heterocycles. The van der Waals surface area contributed by atoms with Gasteiger partial charge in [0, 0.05) is 13.0 Å². The van der Waals surface area contributed by atoms with Crippen molar-refractivity contribution in [3.63, 3.8) is 0 Å². The van der Waals surface area contributed by atoms with Gasteiger partial charge in [-0.1, -0.05) is 0 Å². The average molecular weight is 215 g/mol. The SMILES string of the molecule is CC(=O)NCC(=O)NCC(=O)NC(C)C. The molecule has 0 heterocycles. The van der Waals surface area contributed by atoms with Crippen molar-refractivity contribution in [3.8, 4) is 0 Å². The predicted octanol–water partition coefficient (Wildman–Crippen LogP) is -1.24. The van der Waals surface area contributed by atoms with Crippen molar-refractivity contribution in [2.75, 3.05) is 13.1 Å². The zero-order valence-corrected chi connectivity index (χ0v) is 9.22. The van der Waals surface area contributed by atoms with Crippen molar-refractivity contribution in [1.82, 2.24) is 16.0 Å². The first-order valence-corrected chi connectivity index (χ1v) is 4.72. The van der Waals surface area contributed by atoms with Crippen LogP contribution in [0, 0.1) is 0 Å². The van der Waals surface area contributed by atoms with E-state index in [1.54, 1.807) is 0 Å². The Morgan fingerprint density at radius 3 is 2.00 bits per heavy atom. The minimum Gasteiger partial charge on any atom is -0.352 e. The molecule has 0 unspecified atom stereocenters. The van der Waals surface area contributed by atoms with Gasteiger partial charge in [-0.2, -0.15) is 0 Å². The summed E-state index contributed by atoms with van der Waals surface area (Å²) < 4.78 is 0. The van der Waals surface area contributed by atoms with Gasteiger partial charge < -0.3 is 16.0 Å². The van der Waals surface area contributed by atoms with Crippen molar-refractivity contribution < 1.29 is 14.4 Å². The van der Waals surface area contributed by atoms with Crippen LogP contribution in [-0.4, -0.2) is 36.9 Å². The summed E-state index contributed by atoms with van der Waals surface area (Å²) in [6, 6.07) is 0.0461. The molecule has 0 rings (SSSR count). The van der Waals surface area contributed by atoms with Crippen LogP contribution < -0.4 is 16.0 Å². The van der Waals surface area contributed by atoms with Gasteiger partial charge in [-0.05, 0) is 13.8 Å². The Morgan fingerprint density at radius 1 is 1.00 bits per heavy atom. The number of hydrogen-bond donors (Lipinski definition) is 3. The van der Waals surface area contributed by atoms with Crippen LogP contribution in [0.25, 0.3) is 0 Å². The van der Waals surface area contributed by atoms with Crippen molar-refractivity contribution in [1.29, 1.82) is 0 Å². The van der Waals surface area contributed by atoms with E-state index in [0.29, 0.717) is 0 Å². The average Bonchev–Trinajstić information content (AvgIpc) is 2.10. The Kier molecular flexibility index (Phi) is 6.08. The van der Waals surface area contributed by atoms with E-state index in [-0.39, 0.29) is 36.9 Å². The zero-order valence-electron chi connectivity index (χ0n) is 9.22. The van der Waals surface area contributed by atoms with E-state index in [4.69, 9.17) is 0 Å². The minimum atomic E-state index is -0.385. The first kappa shape index (κ1) is 13.4. The summed E-state index contributed by atoms with van der Waals surface area (Å²) in [4.78, 5) is 32.6. The molecular weight excluding hydrogens is 198 g/mol. The van der Waals surface area contributed by atoms with Gasteiger partial charge in [0.2, 0.25) is 17.7 Å². The van der Waals surface area contributed by atoms with E-state index < -0.39 is 0 Å². The number of amides is 3. The normalized spacial score (nSPS) is 9.60. The molecule has 0 atom stereocenters. The molecule has 6 nitrogen and oxygen atoms in total. The third-order valence-electron chi connectivity index (χ3n) is 1.39. The Hall–Kier alpha value is -1.59. The van der Waals surface area contributed by atoms with Gasteiger partial charge in [0.1, 0.15) is 0 Å². The summed E-state index contributed by atoms with van der Waals surface area (Å²) >= 11 is 0. The van der Waals surface area contributed by atoms with Crippen LogP contribution in [-0.2, 0) is 14.4 Å². The quantitative estimate of drug-likeness (QED) is 0.536. The second-order valence-corrected chi connectivity index (χ2v) is 3.41. The van der Waals surface area contributed by atoms with Gasteiger partial charge in [0.15, 0.2) is 0 Å². The highest BCUT2D eigenvalue weighted by molar-refractivity contribution is 5.87. The fourth-order valence-corrected chi connectivity index (χ4v) is 0.819. The van der Waals surface area contributed by atoms with Crippen molar-refractivity contribution in [2.45, 2.75) is 26.8 Å². The fourth-order valence-electron chi connectivity index (χ4n) is 0.819. The number of nitrogens with one attached hydrogen (secondary N) is 3. The molecule has 0 spiro atoms. The molecule has 3 N–H and O–H groups in total.